The molecular weight excluding hydrogens is 223 g/mol. The van der Waals surface area contributed by atoms with Crippen molar-refractivity contribution in [3.8, 4) is 0 Å². The Morgan fingerprint density at radius 3 is 2.57 bits per heavy atom. The van der Waals surface area contributed by atoms with E-state index in [9.17, 15) is 0 Å². The van der Waals surface area contributed by atoms with Crippen molar-refractivity contribution in [2.45, 2.75) is 12.0 Å². The van der Waals surface area contributed by atoms with Crippen LogP contribution in [0.4, 0.5) is 0 Å². The Labute approximate surface area is 92.4 Å². The molecule has 0 amide bonds. The molecule has 4 heteroatoms. The summed E-state index contributed by atoms with van der Waals surface area (Å²) in [6, 6.07) is 5.43. The lowest BCUT2D eigenvalue weighted by Gasteiger charge is -2.11. The van der Waals surface area contributed by atoms with Crippen LogP contribution >= 0.6 is 23.2 Å². The molecule has 1 N–H and O–H groups in total. The average molecular weight is 233 g/mol. The monoisotopic (exact) mass is 232 g/mol. The minimum absolute atomic E-state index is 0.111. The zero-order chi connectivity index (χ0) is 10.2. The van der Waals surface area contributed by atoms with E-state index < -0.39 is 0 Å². The summed E-state index contributed by atoms with van der Waals surface area (Å²) in [5.41, 5.74) is 0.671. The van der Waals surface area contributed by atoms with E-state index in [4.69, 9.17) is 33.0 Å². The molecule has 1 atom stereocenters. The summed E-state index contributed by atoms with van der Waals surface area (Å²) >= 11 is 11.7. The third kappa shape index (κ3) is 1.75. The van der Waals surface area contributed by atoms with Gasteiger partial charge in [-0.15, -0.1) is 0 Å². The number of ether oxygens (including phenoxy) is 1. The third-order valence-corrected chi connectivity index (χ3v) is 3.19. The Hall–Kier alpha value is -0.280. The molecule has 0 bridgehead atoms. The van der Waals surface area contributed by atoms with Gasteiger partial charge in [-0.1, -0.05) is 29.3 Å². The maximum atomic E-state index is 8.89. The zero-order valence-electron chi connectivity index (χ0n) is 7.46. The maximum absolute atomic E-state index is 8.89. The highest BCUT2D eigenvalue weighted by Gasteiger charge is 2.45. The van der Waals surface area contributed by atoms with Gasteiger partial charge in [-0.2, -0.15) is 0 Å². The molecule has 1 saturated heterocycles. The van der Waals surface area contributed by atoms with E-state index in [1.165, 1.54) is 0 Å². The van der Waals surface area contributed by atoms with Gasteiger partial charge in [0.15, 0.2) is 0 Å². The quantitative estimate of drug-likeness (QED) is 0.814. The van der Waals surface area contributed by atoms with Gasteiger partial charge in [-0.25, -0.2) is 0 Å². The minimum Gasteiger partial charge on any atom is -0.396 e. The SMILES string of the molecule is OCC[C@]1(c2ccc(Cl)c(Cl)c2)CO1. The lowest BCUT2D eigenvalue weighted by Crippen LogP contribution is -2.10. The summed E-state index contributed by atoms with van der Waals surface area (Å²) in [5.74, 6) is 0. The molecule has 0 spiro atoms. The summed E-state index contributed by atoms with van der Waals surface area (Å²) in [5, 5.41) is 9.95. The second kappa shape index (κ2) is 3.70. The Bertz CT molecular complexity index is 348. The molecule has 1 aromatic rings. The van der Waals surface area contributed by atoms with Gasteiger partial charge >= 0.3 is 0 Å². The van der Waals surface area contributed by atoms with Crippen molar-refractivity contribution in [1.82, 2.24) is 0 Å². The molecule has 76 valence electrons. The maximum Gasteiger partial charge on any atom is 0.119 e. The molecule has 2 rings (SSSR count). The topological polar surface area (TPSA) is 32.8 Å². The predicted octanol–water partition coefficient (Wildman–Crippen LogP) is 2.60. The fourth-order valence-electron chi connectivity index (χ4n) is 1.50. The van der Waals surface area contributed by atoms with Gasteiger partial charge in [-0.05, 0) is 17.7 Å². The van der Waals surface area contributed by atoms with E-state index in [1.54, 1.807) is 12.1 Å². The molecule has 14 heavy (non-hydrogen) atoms. The number of rotatable bonds is 3. The highest BCUT2D eigenvalue weighted by Crippen LogP contribution is 2.43. The first-order chi connectivity index (χ1) is 6.68. The Morgan fingerprint density at radius 1 is 1.36 bits per heavy atom. The van der Waals surface area contributed by atoms with Gasteiger partial charge in [0, 0.05) is 13.0 Å². The highest BCUT2D eigenvalue weighted by molar-refractivity contribution is 6.42. The van der Waals surface area contributed by atoms with Gasteiger partial charge in [0.2, 0.25) is 0 Å². The van der Waals surface area contributed by atoms with Crippen LogP contribution in [0.5, 0.6) is 0 Å². The fraction of sp³-hybridized carbons (Fsp3) is 0.400. The largest absolute Gasteiger partial charge is 0.396 e. The predicted molar refractivity (Wildman–Crippen MR) is 55.8 cm³/mol. The van der Waals surface area contributed by atoms with Crippen LogP contribution in [0.25, 0.3) is 0 Å². The van der Waals surface area contributed by atoms with Crippen LogP contribution in [-0.4, -0.2) is 18.3 Å². The lowest BCUT2D eigenvalue weighted by molar-refractivity contribution is 0.214. The van der Waals surface area contributed by atoms with Crippen LogP contribution in [0, 0.1) is 0 Å². The van der Waals surface area contributed by atoms with Gasteiger partial charge in [0.1, 0.15) is 5.60 Å². The van der Waals surface area contributed by atoms with Gasteiger partial charge < -0.3 is 9.84 Å². The summed E-state index contributed by atoms with van der Waals surface area (Å²) in [6.07, 6.45) is 0.602. The Balaban J connectivity index is 2.28. The molecule has 1 aliphatic heterocycles. The number of benzene rings is 1. The van der Waals surface area contributed by atoms with Crippen molar-refractivity contribution in [1.29, 1.82) is 0 Å². The normalized spacial score (nSPS) is 25.1. The summed E-state index contributed by atoms with van der Waals surface area (Å²) in [7, 11) is 0. The number of hydrogen-bond donors (Lipinski definition) is 1. The second-order valence-electron chi connectivity index (χ2n) is 3.39. The van der Waals surface area contributed by atoms with Crippen LogP contribution < -0.4 is 0 Å². The van der Waals surface area contributed by atoms with Crippen molar-refractivity contribution in [2.24, 2.45) is 0 Å². The van der Waals surface area contributed by atoms with Crippen molar-refractivity contribution >= 4 is 23.2 Å². The summed E-state index contributed by atoms with van der Waals surface area (Å²) < 4.78 is 5.36. The van der Waals surface area contributed by atoms with Crippen LogP contribution in [0.15, 0.2) is 18.2 Å². The Kier molecular flexibility index (Phi) is 2.71. The van der Waals surface area contributed by atoms with Gasteiger partial charge in [0.05, 0.1) is 16.7 Å². The molecule has 0 aliphatic carbocycles. The smallest absolute Gasteiger partial charge is 0.119 e. The highest BCUT2D eigenvalue weighted by atomic mass is 35.5. The van der Waals surface area contributed by atoms with Gasteiger partial charge in [-0.3, -0.25) is 0 Å². The van der Waals surface area contributed by atoms with Crippen LogP contribution in [-0.2, 0) is 10.3 Å². The van der Waals surface area contributed by atoms with Crippen molar-refractivity contribution in [3.63, 3.8) is 0 Å². The first-order valence-corrected chi connectivity index (χ1v) is 5.14. The molecule has 0 unspecified atom stereocenters. The van der Waals surface area contributed by atoms with Crippen molar-refractivity contribution in [3.05, 3.63) is 33.8 Å². The van der Waals surface area contributed by atoms with E-state index in [-0.39, 0.29) is 12.2 Å². The van der Waals surface area contributed by atoms with E-state index in [2.05, 4.69) is 0 Å². The molecule has 0 aromatic heterocycles. The van der Waals surface area contributed by atoms with E-state index in [0.29, 0.717) is 23.1 Å². The second-order valence-corrected chi connectivity index (χ2v) is 4.20. The van der Waals surface area contributed by atoms with Gasteiger partial charge in [0.25, 0.3) is 0 Å². The first-order valence-electron chi connectivity index (χ1n) is 4.38. The summed E-state index contributed by atoms with van der Waals surface area (Å²) in [6.45, 7) is 0.756. The van der Waals surface area contributed by atoms with Crippen LogP contribution in [0.1, 0.15) is 12.0 Å². The van der Waals surface area contributed by atoms with E-state index in [0.717, 1.165) is 5.56 Å². The molecule has 0 radical (unpaired) electrons. The fourth-order valence-corrected chi connectivity index (χ4v) is 1.80. The molecule has 2 nitrogen and oxygen atoms in total. The Morgan fingerprint density at radius 2 is 2.07 bits per heavy atom. The number of aliphatic hydroxyl groups is 1. The lowest BCUT2D eigenvalue weighted by atomic mass is 9.97. The average Bonchev–Trinajstić information content (AvgIpc) is 2.91. The third-order valence-electron chi connectivity index (χ3n) is 2.45. The van der Waals surface area contributed by atoms with E-state index >= 15 is 0 Å². The standard InChI is InChI=1S/C10H10Cl2O2/c11-8-2-1-7(5-9(8)12)10(3-4-13)6-14-10/h1-2,5,13H,3-4,6H2/t10-/m1/s1. The molecule has 1 fully saturated rings. The molecular formula is C10H10Cl2O2. The molecule has 1 aliphatic rings. The molecule has 1 aromatic carbocycles. The van der Waals surface area contributed by atoms with Crippen LogP contribution in [0.3, 0.4) is 0 Å². The number of hydrogen-bond acceptors (Lipinski definition) is 2. The minimum atomic E-state index is -0.316. The van der Waals surface area contributed by atoms with Crippen molar-refractivity contribution in [2.75, 3.05) is 13.2 Å². The first kappa shape index (κ1) is 10.2. The number of epoxide rings is 1. The zero-order valence-corrected chi connectivity index (χ0v) is 8.98. The van der Waals surface area contributed by atoms with E-state index in [1.807, 2.05) is 6.07 Å². The summed E-state index contributed by atoms with van der Waals surface area (Å²) in [4.78, 5) is 0. The molecule has 1 heterocycles. The van der Waals surface area contributed by atoms with Crippen molar-refractivity contribution < 1.29 is 9.84 Å². The number of aliphatic hydroxyl groups excluding tert-OH is 1. The molecule has 0 saturated carbocycles. The van der Waals surface area contributed by atoms with Crippen LogP contribution in [0.2, 0.25) is 10.0 Å². The number of halogens is 2.